The fourth-order valence-electron chi connectivity index (χ4n) is 2.74. The smallest absolute Gasteiger partial charge is 0.154 e. The number of nitrogens with zero attached hydrogens (tertiary/aromatic N) is 4. The van der Waals surface area contributed by atoms with Gasteiger partial charge in [0.25, 0.3) is 0 Å². The van der Waals surface area contributed by atoms with E-state index in [0.29, 0.717) is 24.0 Å². The van der Waals surface area contributed by atoms with E-state index < -0.39 is 0 Å². The molecule has 1 aromatic carbocycles. The Kier molecular flexibility index (Phi) is 4.19. The van der Waals surface area contributed by atoms with E-state index in [1.807, 2.05) is 19.1 Å². The second-order valence-corrected chi connectivity index (χ2v) is 5.43. The van der Waals surface area contributed by atoms with Crippen LogP contribution in [-0.4, -0.2) is 15.0 Å². The molecular weight excluding hydrogens is 306 g/mol. The molecule has 24 heavy (non-hydrogen) atoms. The number of pyridine rings is 1. The molecule has 0 spiro atoms. The number of anilines is 3. The lowest BCUT2D eigenvalue weighted by Gasteiger charge is -2.15. The van der Waals surface area contributed by atoms with E-state index in [9.17, 15) is 4.91 Å². The average Bonchev–Trinajstić information content (AvgIpc) is 2.56. The highest BCUT2D eigenvalue weighted by Gasteiger charge is 2.10. The molecule has 0 unspecified atom stereocenters. The van der Waals surface area contributed by atoms with Crippen molar-refractivity contribution in [1.82, 2.24) is 15.0 Å². The Bertz CT molecular complexity index is 910. The zero-order chi connectivity index (χ0) is 17.1. The predicted molar refractivity (Wildman–Crippen MR) is 94.4 cm³/mol. The molecule has 0 atom stereocenters. The summed E-state index contributed by atoms with van der Waals surface area (Å²) in [5.41, 5.74) is 11.7. The maximum Gasteiger partial charge on any atom is 0.154 e. The Morgan fingerprint density at radius 1 is 1.12 bits per heavy atom. The zero-order valence-electron chi connectivity index (χ0n) is 13.4. The third-order valence-electron chi connectivity index (χ3n) is 3.99. The van der Waals surface area contributed by atoms with Crippen molar-refractivity contribution in [1.29, 1.82) is 0 Å². The topological polar surface area (TPSA) is 118 Å². The van der Waals surface area contributed by atoms with Crippen LogP contribution in [0.2, 0.25) is 0 Å². The Balaban J connectivity index is 1.90. The highest BCUT2D eigenvalue weighted by atomic mass is 16.3. The molecule has 0 aliphatic rings. The number of hydrogen-bond acceptors (Lipinski definition) is 7. The van der Waals surface area contributed by atoms with Gasteiger partial charge in [0.2, 0.25) is 0 Å². The zero-order valence-corrected chi connectivity index (χ0v) is 13.4. The molecule has 3 rings (SSSR count). The number of rotatable bonds is 5. The number of fused-ring (bicyclic) bond motifs is 1. The first-order chi connectivity index (χ1) is 11.6. The second-order valence-electron chi connectivity index (χ2n) is 5.43. The van der Waals surface area contributed by atoms with E-state index >= 15 is 0 Å². The maximum absolute atomic E-state index is 10.2. The first-order valence-electron chi connectivity index (χ1n) is 7.37. The summed E-state index contributed by atoms with van der Waals surface area (Å²) in [6.45, 7) is 4.69. The van der Waals surface area contributed by atoms with Gasteiger partial charge in [-0.3, -0.25) is 0 Å². The molecule has 4 N–H and O–H groups in total. The monoisotopic (exact) mass is 323 g/mol. The van der Waals surface area contributed by atoms with Crippen molar-refractivity contribution >= 4 is 28.2 Å². The molecule has 0 radical (unpaired) electrons. The molecule has 0 saturated carbocycles. The standard InChI is InChI=1S/C16H17N7O/c1-9-5-12-11(3-4-18-16(12)17)10(2)13(9)7-19-14-6-15(22-23-24)21-8-20-14/h3-6,8H,7H2,1-2H3,(H2,17,18)(H2,19,20,21,22,24). The molecule has 0 aliphatic heterocycles. The number of nitrogens with one attached hydrogen (secondary N) is 2. The second kappa shape index (κ2) is 6.45. The lowest BCUT2D eigenvalue weighted by atomic mass is 9.96. The minimum absolute atomic E-state index is 0.341. The first-order valence-corrected chi connectivity index (χ1v) is 7.37. The molecule has 8 nitrogen and oxygen atoms in total. The van der Waals surface area contributed by atoms with Crippen LogP contribution in [-0.2, 0) is 6.54 Å². The van der Waals surface area contributed by atoms with Crippen LogP contribution in [0.4, 0.5) is 17.5 Å². The summed E-state index contributed by atoms with van der Waals surface area (Å²) in [6, 6.07) is 5.63. The fourth-order valence-corrected chi connectivity index (χ4v) is 2.74. The van der Waals surface area contributed by atoms with Gasteiger partial charge >= 0.3 is 0 Å². The van der Waals surface area contributed by atoms with E-state index in [1.165, 1.54) is 6.33 Å². The third-order valence-corrected chi connectivity index (χ3v) is 3.99. The summed E-state index contributed by atoms with van der Waals surface area (Å²) >= 11 is 0. The number of aryl methyl sites for hydroxylation is 2. The molecule has 0 aliphatic carbocycles. The van der Waals surface area contributed by atoms with E-state index in [0.717, 1.165) is 27.5 Å². The van der Waals surface area contributed by atoms with Gasteiger partial charge in [0.15, 0.2) is 5.82 Å². The van der Waals surface area contributed by atoms with Crippen LogP contribution in [0.5, 0.6) is 0 Å². The third kappa shape index (κ3) is 2.94. The van der Waals surface area contributed by atoms with Crippen LogP contribution in [0.3, 0.4) is 0 Å². The van der Waals surface area contributed by atoms with Crippen LogP contribution in [0.1, 0.15) is 16.7 Å². The van der Waals surface area contributed by atoms with Crippen LogP contribution in [0, 0.1) is 18.8 Å². The van der Waals surface area contributed by atoms with Crippen molar-refractivity contribution in [3.8, 4) is 0 Å². The highest BCUT2D eigenvalue weighted by molar-refractivity contribution is 5.94. The normalized spacial score (nSPS) is 10.6. The van der Waals surface area contributed by atoms with Gasteiger partial charge in [-0.25, -0.2) is 20.4 Å². The summed E-state index contributed by atoms with van der Waals surface area (Å²) in [5, 5.41) is 7.88. The van der Waals surface area contributed by atoms with Gasteiger partial charge in [-0.05, 0) is 48.1 Å². The van der Waals surface area contributed by atoms with Gasteiger partial charge in [-0.15, -0.1) is 4.91 Å². The molecule has 2 aromatic heterocycles. The number of benzene rings is 1. The Labute approximate surface area is 138 Å². The Morgan fingerprint density at radius 2 is 1.92 bits per heavy atom. The number of aromatic nitrogens is 3. The van der Waals surface area contributed by atoms with Crippen molar-refractivity contribution in [3.05, 3.63) is 52.3 Å². The lowest BCUT2D eigenvalue weighted by molar-refractivity contribution is 1.05. The summed E-state index contributed by atoms with van der Waals surface area (Å²) in [6.07, 6.45) is 3.08. The Hall–Kier alpha value is -3.29. The minimum Gasteiger partial charge on any atom is -0.383 e. The molecule has 0 amide bonds. The molecule has 3 aromatic rings. The van der Waals surface area contributed by atoms with Crippen LogP contribution in [0.15, 0.2) is 36.0 Å². The molecule has 122 valence electrons. The van der Waals surface area contributed by atoms with Gasteiger partial charge in [0.05, 0.1) is 5.29 Å². The SMILES string of the molecule is Cc1cc2c(N)nccc2c(C)c1CNc1cc(NN=O)ncn1. The summed E-state index contributed by atoms with van der Waals surface area (Å²) in [5.74, 6) is 1.48. The van der Waals surface area contributed by atoms with Crippen LogP contribution in [0.25, 0.3) is 10.8 Å². The number of nitroso groups, excluding NO2 is 1. The first kappa shape index (κ1) is 15.6. The largest absolute Gasteiger partial charge is 0.383 e. The minimum atomic E-state index is 0.341. The van der Waals surface area contributed by atoms with Gasteiger partial charge < -0.3 is 11.1 Å². The molecular formula is C16H17N7O. The van der Waals surface area contributed by atoms with Gasteiger partial charge in [-0.1, -0.05) is 0 Å². The predicted octanol–water partition coefficient (Wildman–Crippen LogP) is 2.93. The fraction of sp³-hybridized carbons (Fsp3) is 0.188. The van der Waals surface area contributed by atoms with Crippen molar-refractivity contribution < 1.29 is 0 Å². The molecule has 2 heterocycles. The quantitative estimate of drug-likeness (QED) is 0.488. The van der Waals surface area contributed by atoms with E-state index in [2.05, 4.69) is 37.9 Å². The average molecular weight is 323 g/mol. The van der Waals surface area contributed by atoms with E-state index in [4.69, 9.17) is 5.73 Å². The lowest BCUT2D eigenvalue weighted by Crippen LogP contribution is -2.06. The summed E-state index contributed by atoms with van der Waals surface area (Å²) < 4.78 is 0. The molecule has 0 saturated heterocycles. The Morgan fingerprint density at radius 3 is 2.71 bits per heavy atom. The number of nitrogens with two attached hydrogens (primary N) is 1. The summed E-state index contributed by atoms with van der Waals surface area (Å²) in [4.78, 5) is 22.4. The van der Waals surface area contributed by atoms with Gasteiger partial charge in [-0.2, -0.15) is 0 Å². The maximum atomic E-state index is 10.2. The van der Waals surface area contributed by atoms with E-state index in [-0.39, 0.29) is 0 Å². The number of hydrogen-bond donors (Lipinski definition) is 3. The number of nitrogen functional groups attached to an aromatic ring is 1. The van der Waals surface area contributed by atoms with Gasteiger partial charge in [0.1, 0.15) is 18.0 Å². The van der Waals surface area contributed by atoms with Crippen molar-refractivity contribution in [2.75, 3.05) is 16.5 Å². The molecule has 0 fully saturated rings. The molecule has 0 bridgehead atoms. The van der Waals surface area contributed by atoms with Gasteiger partial charge in [0, 0.05) is 24.2 Å². The van der Waals surface area contributed by atoms with Crippen molar-refractivity contribution in [2.45, 2.75) is 20.4 Å². The summed E-state index contributed by atoms with van der Waals surface area (Å²) in [7, 11) is 0. The molecule has 8 heteroatoms. The van der Waals surface area contributed by atoms with Crippen molar-refractivity contribution in [3.63, 3.8) is 0 Å². The van der Waals surface area contributed by atoms with Crippen LogP contribution >= 0.6 is 0 Å². The van der Waals surface area contributed by atoms with Crippen LogP contribution < -0.4 is 16.5 Å². The van der Waals surface area contributed by atoms with Crippen molar-refractivity contribution in [2.24, 2.45) is 5.29 Å². The van der Waals surface area contributed by atoms with E-state index in [1.54, 1.807) is 12.3 Å². The highest BCUT2D eigenvalue weighted by Crippen LogP contribution is 2.28.